The van der Waals surface area contributed by atoms with Crippen LogP contribution in [0.2, 0.25) is 0 Å². The third-order valence-corrected chi connectivity index (χ3v) is 3.91. The second-order valence-corrected chi connectivity index (χ2v) is 5.50. The van der Waals surface area contributed by atoms with Gasteiger partial charge in [0.15, 0.2) is 0 Å². The molecule has 0 bridgehead atoms. The summed E-state index contributed by atoms with van der Waals surface area (Å²) in [6, 6.07) is 10.1. The van der Waals surface area contributed by atoms with Gasteiger partial charge < -0.3 is 15.1 Å². The van der Waals surface area contributed by atoms with Crippen LogP contribution >= 0.6 is 0 Å². The first-order valence-corrected chi connectivity index (χ1v) is 6.82. The van der Waals surface area contributed by atoms with Crippen LogP contribution in [0.1, 0.15) is 13.8 Å². The Hall–Kier alpha value is -1.55. The molecule has 0 aliphatic carbocycles. The zero-order valence-electron chi connectivity index (χ0n) is 12.0. The summed E-state index contributed by atoms with van der Waals surface area (Å²) in [7, 11) is 1.98. The third kappa shape index (κ3) is 2.89. The van der Waals surface area contributed by atoms with Gasteiger partial charge >= 0.3 is 0 Å². The lowest BCUT2D eigenvalue weighted by Crippen LogP contribution is -2.58. The number of para-hydroxylation sites is 1. The number of nitrogens with one attached hydrogen (secondary N) is 1. The number of benzene rings is 1. The number of hydrogen-bond donors (Lipinski definition) is 1. The first kappa shape index (κ1) is 13.9. The first-order valence-electron chi connectivity index (χ1n) is 6.82. The Balaban J connectivity index is 2.14. The number of likely N-dealkylation sites (N-methyl/N-ethyl adjacent to an activating group) is 1. The number of anilines is 1. The van der Waals surface area contributed by atoms with Crippen molar-refractivity contribution in [3.8, 4) is 0 Å². The van der Waals surface area contributed by atoms with E-state index in [-0.39, 0.29) is 5.91 Å². The van der Waals surface area contributed by atoms with Crippen molar-refractivity contribution in [3.63, 3.8) is 0 Å². The molecule has 0 spiro atoms. The number of nitrogens with zero attached hydrogens (tertiary/aromatic N) is 2. The Bertz CT molecular complexity index is 424. The molecular formula is C15H23N3O. The van der Waals surface area contributed by atoms with Crippen LogP contribution in [0.15, 0.2) is 30.3 Å². The van der Waals surface area contributed by atoms with Gasteiger partial charge in [0.1, 0.15) is 5.54 Å². The van der Waals surface area contributed by atoms with Crippen LogP contribution in [-0.4, -0.2) is 49.6 Å². The standard InChI is InChI=1S/C15H23N3O/c1-15(2,14(19)18-11-9-16-10-12-18)17(3)13-7-5-4-6-8-13/h4-8,16H,9-12H2,1-3H3. The average Bonchev–Trinajstić information content (AvgIpc) is 2.47. The molecule has 1 aromatic carbocycles. The van der Waals surface area contributed by atoms with Gasteiger partial charge in [-0.25, -0.2) is 0 Å². The summed E-state index contributed by atoms with van der Waals surface area (Å²) in [4.78, 5) is 16.7. The monoisotopic (exact) mass is 261 g/mol. The number of carbonyl (C=O) groups excluding carboxylic acids is 1. The quantitative estimate of drug-likeness (QED) is 0.891. The predicted octanol–water partition coefficient (Wildman–Crippen LogP) is 1.33. The largest absolute Gasteiger partial charge is 0.361 e. The topological polar surface area (TPSA) is 35.6 Å². The van der Waals surface area contributed by atoms with E-state index in [9.17, 15) is 4.79 Å². The Morgan fingerprint density at radius 1 is 1.21 bits per heavy atom. The summed E-state index contributed by atoms with van der Waals surface area (Å²) >= 11 is 0. The molecule has 1 aliphatic heterocycles. The van der Waals surface area contributed by atoms with Crippen LogP contribution in [0.5, 0.6) is 0 Å². The molecule has 0 radical (unpaired) electrons. The highest BCUT2D eigenvalue weighted by Gasteiger charge is 2.36. The molecule has 1 fully saturated rings. The molecule has 2 rings (SSSR count). The fourth-order valence-electron chi connectivity index (χ4n) is 2.37. The van der Waals surface area contributed by atoms with Gasteiger partial charge in [-0.1, -0.05) is 18.2 Å². The molecule has 1 heterocycles. The molecule has 1 amide bonds. The molecule has 1 aliphatic rings. The van der Waals surface area contributed by atoms with Crippen molar-refractivity contribution in [1.29, 1.82) is 0 Å². The van der Waals surface area contributed by atoms with Gasteiger partial charge in [-0.15, -0.1) is 0 Å². The van der Waals surface area contributed by atoms with E-state index in [0.29, 0.717) is 0 Å². The Labute approximate surface area is 115 Å². The van der Waals surface area contributed by atoms with Crippen molar-refractivity contribution in [1.82, 2.24) is 10.2 Å². The SMILES string of the molecule is CN(c1ccccc1)C(C)(C)C(=O)N1CCNCC1. The molecular weight excluding hydrogens is 238 g/mol. The minimum absolute atomic E-state index is 0.195. The van der Waals surface area contributed by atoms with Crippen molar-refractivity contribution >= 4 is 11.6 Å². The van der Waals surface area contributed by atoms with Crippen LogP contribution in [-0.2, 0) is 4.79 Å². The lowest BCUT2D eigenvalue weighted by Gasteiger charge is -2.41. The molecule has 0 atom stereocenters. The summed E-state index contributed by atoms with van der Waals surface area (Å²) in [5.74, 6) is 0.195. The first-order chi connectivity index (χ1) is 9.03. The highest BCUT2D eigenvalue weighted by atomic mass is 16.2. The molecule has 1 saturated heterocycles. The van der Waals surface area contributed by atoms with Gasteiger partial charge in [0.05, 0.1) is 0 Å². The zero-order chi connectivity index (χ0) is 13.9. The summed E-state index contributed by atoms with van der Waals surface area (Å²) < 4.78 is 0. The molecule has 104 valence electrons. The van der Waals surface area contributed by atoms with E-state index in [1.165, 1.54) is 0 Å². The van der Waals surface area contributed by atoms with Crippen molar-refractivity contribution < 1.29 is 4.79 Å². The molecule has 19 heavy (non-hydrogen) atoms. The maximum Gasteiger partial charge on any atom is 0.247 e. The number of piperazine rings is 1. The number of amides is 1. The second kappa shape index (κ2) is 5.61. The van der Waals surface area contributed by atoms with Crippen LogP contribution in [0.4, 0.5) is 5.69 Å². The normalized spacial score (nSPS) is 16.3. The minimum atomic E-state index is -0.529. The van der Waals surface area contributed by atoms with Crippen LogP contribution in [0.25, 0.3) is 0 Å². The number of rotatable bonds is 3. The molecule has 4 heteroatoms. The Kier molecular flexibility index (Phi) is 4.10. The Morgan fingerprint density at radius 3 is 2.37 bits per heavy atom. The third-order valence-electron chi connectivity index (χ3n) is 3.91. The van der Waals surface area contributed by atoms with Crippen molar-refractivity contribution in [2.45, 2.75) is 19.4 Å². The molecule has 4 nitrogen and oxygen atoms in total. The van der Waals surface area contributed by atoms with E-state index < -0.39 is 5.54 Å². The summed E-state index contributed by atoms with van der Waals surface area (Å²) in [5, 5.41) is 3.27. The van der Waals surface area contributed by atoms with Gasteiger partial charge in [-0.05, 0) is 26.0 Å². The van der Waals surface area contributed by atoms with Gasteiger partial charge in [-0.3, -0.25) is 4.79 Å². The molecule has 1 aromatic rings. The van der Waals surface area contributed by atoms with E-state index in [1.807, 2.05) is 56.1 Å². The number of hydrogen-bond acceptors (Lipinski definition) is 3. The van der Waals surface area contributed by atoms with E-state index in [4.69, 9.17) is 0 Å². The van der Waals surface area contributed by atoms with Gasteiger partial charge in [0.2, 0.25) is 5.91 Å². The Morgan fingerprint density at radius 2 is 1.79 bits per heavy atom. The molecule has 1 N–H and O–H groups in total. The maximum absolute atomic E-state index is 12.7. The molecule has 0 unspecified atom stereocenters. The van der Waals surface area contributed by atoms with Gasteiger partial charge in [-0.2, -0.15) is 0 Å². The number of carbonyl (C=O) groups is 1. The molecule has 0 aromatic heterocycles. The summed E-state index contributed by atoms with van der Waals surface area (Å²) in [5.41, 5.74) is 0.537. The summed E-state index contributed by atoms with van der Waals surface area (Å²) in [6.07, 6.45) is 0. The average molecular weight is 261 g/mol. The molecule has 0 saturated carbocycles. The highest BCUT2D eigenvalue weighted by Crippen LogP contribution is 2.23. The van der Waals surface area contributed by atoms with Crippen LogP contribution in [0, 0.1) is 0 Å². The van der Waals surface area contributed by atoms with Crippen molar-refractivity contribution in [2.24, 2.45) is 0 Å². The van der Waals surface area contributed by atoms with E-state index >= 15 is 0 Å². The van der Waals surface area contributed by atoms with E-state index in [1.54, 1.807) is 0 Å². The van der Waals surface area contributed by atoms with Crippen molar-refractivity contribution in [2.75, 3.05) is 38.1 Å². The lowest BCUT2D eigenvalue weighted by molar-refractivity contribution is -0.136. The predicted molar refractivity (Wildman–Crippen MR) is 78.4 cm³/mol. The van der Waals surface area contributed by atoms with Crippen LogP contribution < -0.4 is 10.2 Å². The zero-order valence-corrected chi connectivity index (χ0v) is 12.0. The van der Waals surface area contributed by atoms with Crippen LogP contribution in [0.3, 0.4) is 0 Å². The van der Waals surface area contributed by atoms with Crippen molar-refractivity contribution in [3.05, 3.63) is 30.3 Å². The van der Waals surface area contributed by atoms with E-state index in [2.05, 4.69) is 10.2 Å². The minimum Gasteiger partial charge on any atom is -0.361 e. The fourth-order valence-corrected chi connectivity index (χ4v) is 2.37. The maximum atomic E-state index is 12.7. The second-order valence-electron chi connectivity index (χ2n) is 5.50. The highest BCUT2D eigenvalue weighted by molar-refractivity contribution is 5.89. The fraction of sp³-hybridized carbons (Fsp3) is 0.533. The summed E-state index contributed by atoms with van der Waals surface area (Å²) in [6.45, 7) is 7.35. The van der Waals surface area contributed by atoms with Gasteiger partial charge in [0, 0.05) is 38.9 Å². The lowest BCUT2D eigenvalue weighted by atomic mass is 9.99. The van der Waals surface area contributed by atoms with E-state index in [0.717, 1.165) is 31.9 Å². The van der Waals surface area contributed by atoms with Gasteiger partial charge in [0.25, 0.3) is 0 Å². The smallest absolute Gasteiger partial charge is 0.247 e.